The molecule has 2 aromatic rings. The number of thiophene rings is 1. The Morgan fingerprint density at radius 2 is 1.88 bits per heavy atom. The van der Waals surface area contributed by atoms with Crippen LogP contribution in [-0.2, 0) is 0 Å². The molecule has 0 bridgehead atoms. The highest BCUT2D eigenvalue weighted by Gasteiger charge is 2.16. The van der Waals surface area contributed by atoms with Crippen LogP contribution >= 0.6 is 59.1 Å². The molecule has 0 aliphatic carbocycles. The predicted molar refractivity (Wildman–Crippen MR) is 82.0 cm³/mol. The van der Waals surface area contributed by atoms with Gasteiger partial charge in [0.2, 0.25) is 5.78 Å². The van der Waals surface area contributed by atoms with Crippen LogP contribution in [0.15, 0.2) is 37.0 Å². The van der Waals surface area contributed by atoms with Crippen molar-refractivity contribution in [2.24, 2.45) is 0 Å². The second kappa shape index (κ2) is 5.34. The standard InChI is InChI=1S/C12H7Br3OS/c1-6-7(3-2-4-8(6)13)11(16)10-5-9(14)12(15)17-10/h2-5H,1H3. The average molecular weight is 439 g/mol. The Bertz CT molecular complexity index is 570. The number of hydrogen-bond donors (Lipinski definition) is 0. The van der Waals surface area contributed by atoms with Gasteiger partial charge in [0, 0.05) is 14.5 Å². The molecule has 0 atom stereocenters. The van der Waals surface area contributed by atoms with Crippen molar-refractivity contribution in [2.75, 3.05) is 0 Å². The van der Waals surface area contributed by atoms with Gasteiger partial charge in [-0.15, -0.1) is 11.3 Å². The van der Waals surface area contributed by atoms with Crippen LogP contribution in [0.1, 0.15) is 20.8 Å². The fourth-order valence-corrected chi connectivity index (χ4v) is 3.80. The van der Waals surface area contributed by atoms with Crippen molar-refractivity contribution in [3.05, 3.63) is 53.0 Å². The molecular formula is C12H7Br3OS. The SMILES string of the molecule is Cc1c(Br)cccc1C(=O)c1cc(Br)c(Br)s1. The first-order valence-electron chi connectivity index (χ1n) is 4.75. The van der Waals surface area contributed by atoms with E-state index in [0.29, 0.717) is 0 Å². The molecule has 88 valence electrons. The summed E-state index contributed by atoms with van der Waals surface area (Å²) < 4.78 is 2.81. The fourth-order valence-electron chi connectivity index (χ4n) is 1.44. The molecule has 0 aliphatic rings. The van der Waals surface area contributed by atoms with Gasteiger partial charge in [-0.3, -0.25) is 4.79 Å². The number of carbonyl (C=O) groups is 1. The Morgan fingerprint density at radius 1 is 1.18 bits per heavy atom. The Balaban J connectivity index is 2.47. The van der Waals surface area contributed by atoms with E-state index in [-0.39, 0.29) is 5.78 Å². The molecule has 0 spiro atoms. The molecule has 0 aliphatic heterocycles. The first kappa shape index (κ1) is 13.5. The van der Waals surface area contributed by atoms with Crippen LogP contribution in [0, 0.1) is 6.92 Å². The van der Waals surface area contributed by atoms with Crippen molar-refractivity contribution >= 4 is 64.9 Å². The maximum Gasteiger partial charge on any atom is 0.203 e. The predicted octanol–water partition coefficient (Wildman–Crippen LogP) is 5.58. The van der Waals surface area contributed by atoms with Crippen LogP contribution in [0.5, 0.6) is 0 Å². The van der Waals surface area contributed by atoms with Gasteiger partial charge in [0.25, 0.3) is 0 Å². The molecule has 2 rings (SSSR count). The quantitative estimate of drug-likeness (QED) is 0.560. The molecule has 0 saturated heterocycles. The summed E-state index contributed by atoms with van der Waals surface area (Å²) in [5.41, 5.74) is 1.71. The number of carbonyl (C=O) groups excluding carboxylic acids is 1. The average Bonchev–Trinajstić information content (AvgIpc) is 2.62. The Hall–Kier alpha value is 0.0300. The van der Waals surface area contributed by atoms with Crippen LogP contribution in [0.2, 0.25) is 0 Å². The number of ketones is 1. The molecule has 0 saturated carbocycles. The first-order chi connectivity index (χ1) is 8.00. The lowest BCUT2D eigenvalue weighted by atomic mass is 10.0. The molecule has 0 N–H and O–H groups in total. The van der Waals surface area contributed by atoms with Crippen LogP contribution in [0.3, 0.4) is 0 Å². The van der Waals surface area contributed by atoms with Gasteiger partial charge in [0.1, 0.15) is 0 Å². The highest BCUT2D eigenvalue weighted by atomic mass is 79.9. The van der Waals surface area contributed by atoms with Crippen molar-refractivity contribution in [1.82, 2.24) is 0 Å². The van der Waals surface area contributed by atoms with E-state index in [9.17, 15) is 4.79 Å². The third-order valence-corrected chi connectivity index (χ3v) is 6.50. The maximum atomic E-state index is 12.3. The van der Waals surface area contributed by atoms with Gasteiger partial charge in [0.05, 0.1) is 8.66 Å². The van der Waals surface area contributed by atoms with Crippen molar-refractivity contribution in [2.45, 2.75) is 6.92 Å². The molecule has 0 amide bonds. The summed E-state index contributed by atoms with van der Waals surface area (Å²) in [5.74, 6) is 0.0557. The summed E-state index contributed by atoms with van der Waals surface area (Å²) in [6.07, 6.45) is 0. The van der Waals surface area contributed by atoms with E-state index in [0.717, 1.165) is 28.7 Å². The van der Waals surface area contributed by atoms with Gasteiger partial charge in [-0.1, -0.05) is 28.1 Å². The third-order valence-electron chi connectivity index (χ3n) is 2.38. The smallest absolute Gasteiger partial charge is 0.203 e. The highest BCUT2D eigenvalue weighted by molar-refractivity contribution is 9.13. The lowest BCUT2D eigenvalue weighted by Gasteiger charge is -2.04. The van der Waals surface area contributed by atoms with E-state index in [1.54, 1.807) is 0 Å². The molecule has 0 fully saturated rings. The minimum absolute atomic E-state index is 0.0557. The molecule has 0 radical (unpaired) electrons. The van der Waals surface area contributed by atoms with Crippen LogP contribution in [-0.4, -0.2) is 5.78 Å². The molecule has 1 nitrogen and oxygen atoms in total. The van der Waals surface area contributed by atoms with E-state index in [2.05, 4.69) is 47.8 Å². The summed E-state index contributed by atoms with van der Waals surface area (Å²) in [6, 6.07) is 7.51. The molecule has 1 aromatic carbocycles. The van der Waals surface area contributed by atoms with Crippen molar-refractivity contribution in [3.8, 4) is 0 Å². The Kier molecular flexibility index (Phi) is 4.23. The topological polar surface area (TPSA) is 17.1 Å². The lowest BCUT2D eigenvalue weighted by Crippen LogP contribution is -2.01. The second-order valence-corrected chi connectivity index (χ2v) is 7.55. The van der Waals surface area contributed by atoms with Gasteiger partial charge in [-0.25, -0.2) is 0 Å². The zero-order valence-corrected chi connectivity index (χ0v) is 14.3. The zero-order valence-electron chi connectivity index (χ0n) is 8.76. The first-order valence-corrected chi connectivity index (χ1v) is 7.95. The van der Waals surface area contributed by atoms with E-state index < -0.39 is 0 Å². The minimum Gasteiger partial charge on any atom is -0.288 e. The number of rotatable bonds is 2. The normalized spacial score (nSPS) is 10.6. The van der Waals surface area contributed by atoms with Crippen molar-refractivity contribution in [1.29, 1.82) is 0 Å². The molecule has 17 heavy (non-hydrogen) atoms. The zero-order chi connectivity index (χ0) is 12.6. The monoisotopic (exact) mass is 436 g/mol. The summed E-state index contributed by atoms with van der Waals surface area (Å²) >= 11 is 11.7. The number of halogens is 3. The molecular weight excluding hydrogens is 432 g/mol. The molecule has 0 unspecified atom stereocenters. The summed E-state index contributed by atoms with van der Waals surface area (Å²) in [7, 11) is 0. The van der Waals surface area contributed by atoms with E-state index in [1.807, 2.05) is 31.2 Å². The number of benzene rings is 1. The molecule has 5 heteroatoms. The third kappa shape index (κ3) is 2.72. The van der Waals surface area contributed by atoms with E-state index >= 15 is 0 Å². The second-order valence-electron chi connectivity index (χ2n) is 3.47. The van der Waals surface area contributed by atoms with E-state index in [1.165, 1.54) is 11.3 Å². The van der Waals surface area contributed by atoms with Gasteiger partial charge in [-0.2, -0.15) is 0 Å². The van der Waals surface area contributed by atoms with Gasteiger partial charge >= 0.3 is 0 Å². The largest absolute Gasteiger partial charge is 0.288 e. The molecule has 1 aromatic heterocycles. The van der Waals surface area contributed by atoms with Crippen LogP contribution < -0.4 is 0 Å². The Labute approximate surface area is 129 Å². The highest BCUT2D eigenvalue weighted by Crippen LogP contribution is 2.34. The molecule has 1 heterocycles. The van der Waals surface area contributed by atoms with Gasteiger partial charge < -0.3 is 0 Å². The van der Waals surface area contributed by atoms with Crippen molar-refractivity contribution < 1.29 is 4.79 Å². The summed E-state index contributed by atoms with van der Waals surface area (Å²) in [5, 5.41) is 0. The minimum atomic E-state index is 0.0557. The number of hydrogen-bond acceptors (Lipinski definition) is 2. The van der Waals surface area contributed by atoms with Crippen LogP contribution in [0.25, 0.3) is 0 Å². The van der Waals surface area contributed by atoms with Crippen molar-refractivity contribution in [3.63, 3.8) is 0 Å². The van der Waals surface area contributed by atoms with E-state index in [4.69, 9.17) is 0 Å². The van der Waals surface area contributed by atoms with Gasteiger partial charge in [0.15, 0.2) is 0 Å². The Morgan fingerprint density at radius 3 is 2.47 bits per heavy atom. The summed E-state index contributed by atoms with van der Waals surface area (Å²) in [6.45, 7) is 1.94. The van der Waals surface area contributed by atoms with Gasteiger partial charge in [-0.05, 0) is 56.5 Å². The maximum absolute atomic E-state index is 12.3. The fraction of sp³-hybridized carbons (Fsp3) is 0.0833. The lowest BCUT2D eigenvalue weighted by molar-refractivity contribution is 0.104. The van der Waals surface area contributed by atoms with Crippen LogP contribution in [0.4, 0.5) is 0 Å². The summed E-state index contributed by atoms with van der Waals surface area (Å²) in [4.78, 5) is 13.1.